The molecule has 6 heteroatoms. The maximum atomic E-state index is 12.2. The van der Waals surface area contributed by atoms with Crippen LogP contribution in [0.15, 0.2) is 24.3 Å². The molecule has 1 saturated heterocycles. The Morgan fingerprint density at radius 2 is 2.00 bits per heavy atom. The second kappa shape index (κ2) is 6.73. The van der Waals surface area contributed by atoms with Gasteiger partial charge >= 0.3 is 0 Å². The van der Waals surface area contributed by atoms with Crippen molar-refractivity contribution < 1.29 is 19.1 Å². The Hall–Kier alpha value is -2.50. The fraction of sp³-hybridized carbons (Fsp3) is 0.412. The molecule has 2 aliphatic heterocycles. The number of rotatable bonds is 3. The monoisotopic (exact) mass is 316 g/mol. The van der Waals surface area contributed by atoms with Crippen molar-refractivity contribution in [1.29, 1.82) is 0 Å². The van der Waals surface area contributed by atoms with Crippen molar-refractivity contribution in [3.63, 3.8) is 0 Å². The van der Waals surface area contributed by atoms with Gasteiger partial charge < -0.3 is 20.1 Å². The molecule has 6 nitrogen and oxygen atoms in total. The van der Waals surface area contributed by atoms with Gasteiger partial charge in [-0.25, -0.2) is 0 Å². The molecule has 0 spiro atoms. The fourth-order valence-electron chi connectivity index (χ4n) is 2.75. The summed E-state index contributed by atoms with van der Waals surface area (Å²) in [6.45, 7) is 2.25. The number of carbonyl (C=O) groups excluding carboxylic acids is 2. The first-order chi connectivity index (χ1) is 11.1. The van der Waals surface area contributed by atoms with E-state index in [2.05, 4.69) is 0 Å². The van der Waals surface area contributed by atoms with E-state index in [9.17, 15) is 9.59 Å². The largest absolute Gasteiger partial charge is 0.490 e. The van der Waals surface area contributed by atoms with Crippen LogP contribution in [0.25, 0.3) is 6.08 Å². The molecule has 0 radical (unpaired) electrons. The molecule has 0 aromatic heterocycles. The highest BCUT2D eigenvalue weighted by atomic mass is 16.5. The van der Waals surface area contributed by atoms with Crippen molar-refractivity contribution in [3.8, 4) is 11.5 Å². The molecule has 2 N–H and O–H groups in total. The zero-order valence-electron chi connectivity index (χ0n) is 12.9. The number of primary amides is 1. The van der Waals surface area contributed by atoms with Gasteiger partial charge in [-0.15, -0.1) is 0 Å². The van der Waals surface area contributed by atoms with E-state index in [1.807, 2.05) is 18.2 Å². The predicted molar refractivity (Wildman–Crippen MR) is 85.0 cm³/mol. The number of nitrogens with zero attached hydrogens (tertiary/aromatic N) is 1. The smallest absolute Gasteiger partial charge is 0.246 e. The predicted octanol–water partition coefficient (Wildman–Crippen LogP) is 1.19. The van der Waals surface area contributed by atoms with Crippen LogP contribution in [0, 0.1) is 5.92 Å². The van der Waals surface area contributed by atoms with Gasteiger partial charge in [-0.05, 0) is 30.2 Å². The van der Waals surface area contributed by atoms with Gasteiger partial charge in [-0.1, -0.05) is 6.07 Å². The summed E-state index contributed by atoms with van der Waals surface area (Å²) in [6, 6.07) is 5.60. The van der Waals surface area contributed by atoms with Gasteiger partial charge in [-0.3, -0.25) is 9.59 Å². The molecular formula is C17H20N2O4. The molecule has 122 valence electrons. The number of fused-ring (bicyclic) bond motifs is 1. The summed E-state index contributed by atoms with van der Waals surface area (Å²) in [6.07, 6.45) is 4.75. The minimum Gasteiger partial charge on any atom is -0.490 e. The Kier molecular flexibility index (Phi) is 4.50. The van der Waals surface area contributed by atoms with Crippen LogP contribution >= 0.6 is 0 Å². The van der Waals surface area contributed by atoms with Gasteiger partial charge in [0.2, 0.25) is 11.8 Å². The number of benzene rings is 1. The molecule has 1 aromatic rings. The highest BCUT2D eigenvalue weighted by Crippen LogP contribution is 2.30. The van der Waals surface area contributed by atoms with E-state index >= 15 is 0 Å². The lowest BCUT2D eigenvalue weighted by Crippen LogP contribution is -2.30. The number of nitrogens with two attached hydrogens (primary N) is 1. The van der Waals surface area contributed by atoms with Crippen LogP contribution < -0.4 is 15.2 Å². The van der Waals surface area contributed by atoms with Crippen molar-refractivity contribution >= 4 is 17.9 Å². The van der Waals surface area contributed by atoms with Crippen LogP contribution in [0.4, 0.5) is 0 Å². The van der Waals surface area contributed by atoms with Crippen LogP contribution in [0.1, 0.15) is 18.4 Å². The zero-order chi connectivity index (χ0) is 16.2. The van der Waals surface area contributed by atoms with Crippen LogP contribution in [0.3, 0.4) is 0 Å². The lowest BCUT2D eigenvalue weighted by Gasteiger charge is -2.13. The summed E-state index contributed by atoms with van der Waals surface area (Å²) >= 11 is 0. The molecule has 2 heterocycles. The van der Waals surface area contributed by atoms with Crippen LogP contribution in [-0.2, 0) is 9.59 Å². The first kappa shape index (κ1) is 15.4. The van der Waals surface area contributed by atoms with E-state index in [1.54, 1.807) is 11.0 Å². The maximum Gasteiger partial charge on any atom is 0.246 e. The van der Waals surface area contributed by atoms with E-state index in [1.165, 1.54) is 6.08 Å². The van der Waals surface area contributed by atoms with E-state index in [0.29, 0.717) is 38.5 Å². The van der Waals surface area contributed by atoms with Gasteiger partial charge in [0.05, 0.1) is 19.1 Å². The van der Waals surface area contributed by atoms with Crippen LogP contribution in [-0.4, -0.2) is 43.0 Å². The molecule has 3 rings (SSSR count). The summed E-state index contributed by atoms with van der Waals surface area (Å²) in [5.74, 6) is 0.750. The normalized spacial score (nSPS) is 20.5. The van der Waals surface area contributed by atoms with Gasteiger partial charge in [0.25, 0.3) is 0 Å². The Morgan fingerprint density at radius 3 is 2.74 bits per heavy atom. The molecule has 1 atom stereocenters. The summed E-state index contributed by atoms with van der Waals surface area (Å²) in [5, 5.41) is 0. The lowest BCUT2D eigenvalue weighted by atomic mass is 10.1. The standard InChI is InChI=1S/C17H20N2O4/c18-17(21)13-6-7-19(11-13)16(20)5-3-12-2-4-14-15(10-12)23-9-1-8-22-14/h2-5,10,13H,1,6-9,11H2,(H2,18,21)/b5-3+/t13-/m1/s1. The zero-order valence-corrected chi connectivity index (χ0v) is 12.9. The third-order valence-electron chi connectivity index (χ3n) is 4.09. The number of ether oxygens (including phenoxy) is 2. The molecule has 2 aliphatic rings. The molecule has 0 bridgehead atoms. The first-order valence-corrected chi connectivity index (χ1v) is 7.79. The highest BCUT2D eigenvalue weighted by molar-refractivity contribution is 5.92. The lowest BCUT2D eigenvalue weighted by molar-refractivity contribution is -0.125. The summed E-state index contributed by atoms with van der Waals surface area (Å²) < 4.78 is 11.2. The number of hydrogen-bond acceptors (Lipinski definition) is 4. The minimum absolute atomic E-state index is 0.110. The number of carbonyl (C=O) groups is 2. The first-order valence-electron chi connectivity index (χ1n) is 7.79. The average molecular weight is 316 g/mol. The number of hydrogen-bond donors (Lipinski definition) is 1. The van der Waals surface area contributed by atoms with Crippen LogP contribution in [0.5, 0.6) is 11.5 Å². The number of likely N-dealkylation sites (tertiary alicyclic amines) is 1. The molecular weight excluding hydrogens is 296 g/mol. The topological polar surface area (TPSA) is 81.9 Å². The Balaban J connectivity index is 1.65. The SMILES string of the molecule is NC(=O)[C@@H]1CCN(C(=O)/C=C/c2ccc3c(c2)OCCCO3)C1. The number of amides is 2. The molecule has 0 unspecified atom stereocenters. The second-order valence-corrected chi connectivity index (χ2v) is 5.76. The van der Waals surface area contributed by atoms with Crippen LogP contribution in [0.2, 0.25) is 0 Å². The van der Waals surface area contributed by atoms with E-state index < -0.39 is 0 Å². The van der Waals surface area contributed by atoms with Crippen molar-refractivity contribution in [3.05, 3.63) is 29.8 Å². The van der Waals surface area contributed by atoms with Gasteiger partial charge in [0.15, 0.2) is 11.5 Å². The van der Waals surface area contributed by atoms with Gasteiger partial charge in [-0.2, -0.15) is 0 Å². The second-order valence-electron chi connectivity index (χ2n) is 5.76. The Bertz CT molecular complexity index is 641. The summed E-state index contributed by atoms with van der Waals surface area (Å²) in [5.41, 5.74) is 6.15. The highest BCUT2D eigenvalue weighted by Gasteiger charge is 2.28. The minimum atomic E-state index is -0.341. The van der Waals surface area contributed by atoms with E-state index in [-0.39, 0.29) is 17.7 Å². The molecule has 0 aliphatic carbocycles. The molecule has 1 fully saturated rings. The summed E-state index contributed by atoms with van der Waals surface area (Å²) in [7, 11) is 0. The van der Waals surface area contributed by atoms with Crippen molar-refractivity contribution in [2.45, 2.75) is 12.8 Å². The van der Waals surface area contributed by atoms with Gasteiger partial charge in [0, 0.05) is 25.6 Å². The molecule has 23 heavy (non-hydrogen) atoms. The molecule has 1 aromatic carbocycles. The average Bonchev–Trinajstić information content (AvgIpc) is 2.93. The third-order valence-corrected chi connectivity index (χ3v) is 4.09. The van der Waals surface area contributed by atoms with Crippen molar-refractivity contribution in [1.82, 2.24) is 4.90 Å². The molecule has 2 amide bonds. The van der Waals surface area contributed by atoms with E-state index in [4.69, 9.17) is 15.2 Å². The maximum absolute atomic E-state index is 12.2. The van der Waals surface area contributed by atoms with E-state index in [0.717, 1.165) is 17.7 Å². The van der Waals surface area contributed by atoms with Gasteiger partial charge in [0.1, 0.15) is 0 Å². The van der Waals surface area contributed by atoms with Crippen molar-refractivity contribution in [2.24, 2.45) is 11.7 Å². The fourth-order valence-corrected chi connectivity index (χ4v) is 2.75. The third kappa shape index (κ3) is 3.64. The Morgan fingerprint density at radius 1 is 1.22 bits per heavy atom. The summed E-state index contributed by atoms with van der Waals surface area (Å²) in [4.78, 5) is 25.0. The quantitative estimate of drug-likeness (QED) is 0.849. The molecule has 0 saturated carbocycles. The Labute approximate surface area is 134 Å². The van der Waals surface area contributed by atoms with Crippen molar-refractivity contribution in [2.75, 3.05) is 26.3 Å².